The highest BCUT2D eigenvalue weighted by molar-refractivity contribution is 5.79. The second kappa shape index (κ2) is 6.30. The highest BCUT2D eigenvalue weighted by atomic mass is 19.1. The Morgan fingerprint density at radius 2 is 2.32 bits per heavy atom. The van der Waals surface area contributed by atoms with Crippen LogP contribution in [0.1, 0.15) is 30.2 Å². The molecule has 0 aliphatic heterocycles. The van der Waals surface area contributed by atoms with E-state index >= 15 is 0 Å². The Morgan fingerprint density at radius 1 is 1.50 bits per heavy atom. The van der Waals surface area contributed by atoms with E-state index in [2.05, 4.69) is 15.5 Å². The molecule has 0 fully saturated rings. The van der Waals surface area contributed by atoms with Gasteiger partial charge in [0.2, 0.25) is 5.91 Å². The molecule has 1 aromatic carbocycles. The molecule has 2 atom stereocenters. The number of benzene rings is 1. The van der Waals surface area contributed by atoms with Crippen molar-refractivity contribution < 1.29 is 9.18 Å². The van der Waals surface area contributed by atoms with Crippen molar-refractivity contribution >= 4 is 5.91 Å². The van der Waals surface area contributed by atoms with Crippen LogP contribution in [0.5, 0.6) is 0 Å². The van der Waals surface area contributed by atoms with E-state index in [4.69, 9.17) is 0 Å². The number of hydrogen-bond donors (Lipinski definition) is 2. The molecular weight excluding hydrogens is 281 g/mol. The summed E-state index contributed by atoms with van der Waals surface area (Å²) < 4.78 is 13.7. The van der Waals surface area contributed by atoms with Crippen molar-refractivity contribution in [1.82, 2.24) is 15.5 Å². The number of aromatic amines is 1. The van der Waals surface area contributed by atoms with Crippen LogP contribution in [0.15, 0.2) is 30.5 Å². The minimum absolute atomic E-state index is 0.0174. The van der Waals surface area contributed by atoms with E-state index in [0.29, 0.717) is 12.0 Å². The van der Waals surface area contributed by atoms with Gasteiger partial charge in [-0.1, -0.05) is 25.1 Å². The number of aromatic nitrogens is 2. The van der Waals surface area contributed by atoms with Crippen LogP contribution < -0.4 is 5.32 Å². The lowest BCUT2D eigenvalue weighted by molar-refractivity contribution is -0.125. The van der Waals surface area contributed by atoms with Crippen LogP contribution >= 0.6 is 0 Å². The number of carbonyl (C=O) groups is 1. The van der Waals surface area contributed by atoms with Crippen LogP contribution in [-0.4, -0.2) is 22.1 Å². The molecule has 4 nitrogen and oxygen atoms in total. The summed E-state index contributed by atoms with van der Waals surface area (Å²) in [7, 11) is 0. The van der Waals surface area contributed by atoms with Crippen molar-refractivity contribution in [2.75, 3.05) is 0 Å². The molecule has 116 valence electrons. The average molecular weight is 301 g/mol. The number of halogens is 1. The van der Waals surface area contributed by atoms with Gasteiger partial charge < -0.3 is 5.32 Å². The monoisotopic (exact) mass is 301 g/mol. The lowest BCUT2D eigenvalue weighted by Crippen LogP contribution is -2.41. The van der Waals surface area contributed by atoms with E-state index in [0.717, 1.165) is 25.0 Å². The van der Waals surface area contributed by atoms with Gasteiger partial charge >= 0.3 is 0 Å². The topological polar surface area (TPSA) is 57.8 Å². The second-order valence-electron chi connectivity index (χ2n) is 6.02. The summed E-state index contributed by atoms with van der Waals surface area (Å²) in [6.07, 6.45) is 4.91. The Hall–Kier alpha value is -2.17. The molecule has 1 heterocycles. The third-order valence-electron chi connectivity index (χ3n) is 4.30. The SMILES string of the molecule is CC(Cc1ccccc1F)C(=O)NC1CCc2cn[nH]c2C1. The Balaban J connectivity index is 1.57. The molecular formula is C17H20FN3O. The summed E-state index contributed by atoms with van der Waals surface area (Å²) in [4.78, 5) is 12.3. The van der Waals surface area contributed by atoms with Crippen LogP contribution in [0.4, 0.5) is 4.39 Å². The molecule has 0 radical (unpaired) electrons. The number of rotatable bonds is 4. The first-order valence-electron chi connectivity index (χ1n) is 7.68. The van der Waals surface area contributed by atoms with E-state index in [-0.39, 0.29) is 23.7 Å². The van der Waals surface area contributed by atoms with Crippen molar-refractivity contribution in [3.63, 3.8) is 0 Å². The highest BCUT2D eigenvalue weighted by Gasteiger charge is 2.24. The van der Waals surface area contributed by atoms with Crippen molar-refractivity contribution in [2.24, 2.45) is 5.92 Å². The van der Waals surface area contributed by atoms with E-state index in [1.165, 1.54) is 11.6 Å². The molecule has 1 aliphatic rings. The quantitative estimate of drug-likeness (QED) is 0.911. The zero-order chi connectivity index (χ0) is 15.5. The molecule has 2 aromatic rings. The molecule has 1 amide bonds. The molecule has 2 N–H and O–H groups in total. The van der Waals surface area contributed by atoms with Crippen LogP contribution in [0.25, 0.3) is 0 Å². The van der Waals surface area contributed by atoms with Gasteiger partial charge in [-0.15, -0.1) is 0 Å². The molecule has 0 saturated carbocycles. The number of aryl methyl sites for hydroxylation is 1. The Kier molecular flexibility index (Phi) is 4.22. The van der Waals surface area contributed by atoms with Gasteiger partial charge in [0, 0.05) is 24.1 Å². The van der Waals surface area contributed by atoms with Crippen LogP contribution in [0.2, 0.25) is 0 Å². The standard InChI is InChI=1S/C17H20FN3O/c1-11(8-12-4-2-3-5-15(12)18)17(22)20-14-7-6-13-10-19-21-16(13)9-14/h2-5,10-11,14H,6-9H2,1H3,(H,19,21)(H,20,22). The molecule has 2 unspecified atom stereocenters. The van der Waals surface area contributed by atoms with Gasteiger partial charge in [-0.25, -0.2) is 4.39 Å². The summed E-state index contributed by atoms with van der Waals surface area (Å²) in [6, 6.07) is 6.75. The first-order chi connectivity index (χ1) is 10.6. The predicted octanol–water partition coefficient (Wildman–Crippen LogP) is 2.40. The predicted molar refractivity (Wildman–Crippen MR) is 81.8 cm³/mol. The summed E-state index contributed by atoms with van der Waals surface area (Å²) >= 11 is 0. The van der Waals surface area contributed by atoms with Gasteiger partial charge in [0.15, 0.2) is 0 Å². The maximum atomic E-state index is 13.7. The number of nitrogens with one attached hydrogen (secondary N) is 2. The van der Waals surface area contributed by atoms with Crippen LogP contribution in [-0.2, 0) is 24.1 Å². The maximum absolute atomic E-state index is 13.7. The van der Waals surface area contributed by atoms with Gasteiger partial charge in [-0.05, 0) is 36.5 Å². The molecule has 3 rings (SSSR count). The summed E-state index contributed by atoms with van der Waals surface area (Å²) in [5.74, 6) is -0.516. The first-order valence-corrected chi connectivity index (χ1v) is 7.68. The van der Waals surface area contributed by atoms with Crippen LogP contribution in [0, 0.1) is 11.7 Å². The van der Waals surface area contributed by atoms with Gasteiger partial charge in [0.05, 0.1) is 6.20 Å². The molecule has 0 saturated heterocycles. The zero-order valence-corrected chi connectivity index (χ0v) is 12.6. The zero-order valence-electron chi connectivity index (χ0n) is 12.6. The molecule has 22 heavy (non-hydrogen) atoms. The fraction of sp³-hybridized carbons (Fsp3) is 0.412. The van der Waals surface area contributed by atoms with E-state index in [9.17, 15) is 9.18 Å². The lowest BCUT2D eigenvalue weighted by atomic mass is 9.92. The fourth-order valence-corrected chi connectivity index (χ4v) is 2.96. The summed E-state index contributed by atoms with van der Waals surface area (Å²) in [5.41, 5.74) is 2.94. The van der Waals surface area contributed by atoms with Gasteiger partial charge in [0.1, 0.15) is 5.82 Å². The van der Waals surface area contributed by atoms with Gasteiger partial charge in [0.25, 0.3) is 0 Å². The van der Waals surface area contributed by atoms with E-state index < -0.39 is 0 Å². The van der Waals surface area contributed by atoms with Gasteiger partial charge in [-0.3, -0.25) is 9.89 Å². The molecule has 0 spiro atoms. The first kappa shape index (κ1) is 14.8. The lowest BCUT2D eigenvalue weighted by Gasteiger charge is -2.24. The minimum atomic E-state index is -0.250. The second-order valence-corrected chi connectivity index (χ2v) is 6.02. The molecule has 0 bridgehead atoms. The number of amides is 1. The number of carbonyl (C=O) groups excluding carboxylic acids is 1. The van der Waals surface area contributed by atoms with Crippen molar-refractivity contribution in [2.45, 2.75) is 38.6 Å². The molecule has 5 heteroatoms. The number of H-pyrrole nitrogens is 1. The number of fused-ring (bicyclic) bond motifs is 1. The summed E-state index contributed by atoms with van der Waals surface area (Å²) in [6.45, 7) is 1.84. The summed E-state index contributed by atoms with van der Waals surface area (Å²) in [5, 5.41) is 10.1. The third kappa shape index (κ3) is 3.18. The van der Waals surface area contributed by atoms with E-state index in [1.807, 2.05) is 13.1 Å². The third-order valence-corrected chi connectivity index (χ3v) is 4.30. The smallest absolute Gasteiger partial charge is 0.223 e. The van der Waals surface area contributed by atoms with Crippen molar-refractivity contribution in [3.05, 3.63) is 53.1 Å². The largest absolute Gasteiger partial charge is 0.353 e. The molecule has 1 aromatic heterocycles. The van der Waals surface area contributed by atoms with Crippen molar-refractivity contribution in [3.8, 4) is 0 Å². The number of nitrogens with zero attached hydrogens (tertiary/aromatic N) is 1. The Labute approximate surface area is 129 Å². The Morgan fingerprint density at radius 3 is 3.14 bits per heavy atom. The number of hydrogen-bond acceptors (Lipinski definition) is 2. The maximum Gasteiger partial charge on any atom is 0.223 e. The Bertz CT molecular complexity index is 667. The van der Waals surface area contributed by atoms with Gasteiger partial charge in [-0.2, -0.15) is 5.10 Å². The van der Waals surface area contributed by atoms with Crippen LogP contribution in [0.3, 0.4) is 0 Å². The van der Waals surface area contributed by atoms with Crippen molar-refractivity contribution in [1.29, 1.82) is 0 Å². The fourth-order valence-electron chi connectivity index (χ4n) is 2.96. The normalized spacial score (nSPS) is 18.5. The minimum Gasteiger partial charge on any atom is -0.353 e. The average Bonchev–Trinajstić information content (AvgIpc) is 2.97. The highest BCUT2D eigenvalue weighted by Crippen LogP contribution is 2.19. The van der Waals surface area contributed by atoms with E-state index in [1.54, 1.807) is 18.2 Å². The molecule has 1 aliphatic carbocycles.